The van der Waals surface area contributed by atoms with Gasteiger partial charge in [0.25, 0.3) is 0 Å². The van der Waals surface area contributed by atoms with Crippen LogP contribution in [-0.4, -0.2) is 55.3 Å². The maximum atomic E-state index is 14.5. The first-order valence-electron chi connectivity index (χ1n) is 11.2. The number of aliphatic hydroxyl groups is 1. The fourth-order valence-electron chi connectivity index (χ4n) is 4.36. The molecule has 1 amide bonds. The van der Waals surface area contributed by atoms with Crippen LogP contribution >= 0.6 is 0 Å². The Balaban J connectivity index is 1.41. The highest BCUT2D eigenvalue weighted by molar-refractivity contribution is 5.50. The van der Waals surface area contributed by atoms with E-state index in [1.807, 2.05) is 19.1 Å². The van der Waals surface area contributed by atoms with Crippen LogP contribution < -0.4 is 10.2 Å². The third-order valence-corrected chi connectivity index (χ3v) is 6.20. The number of piperidine rings is 2. The van der Waals surface area contributed by atoms with E-state index in [9.17, 15) is 14.3 Å². The topological polar surface area (TPSA) is 65.0 Å². The molecule has 31 heavy (non-hydrogen) atoms. The average Bonchev–Trinajstić information content (AvgIpc) is 2.81. The fourth-order valence-corrected chi connectivity index (χ4v) is 4.36. The Kier molecular flexibility index (Phi) is 8.91. The summed E-state index contributed by atoms with van der Waals surface area (Å²) in [5.41, 5.74) is 1.95. The van der Waals surface area contributed by atoms with E-state index >= 15 is 0 Å². The molecule has 1 aromatic rings. The average molecular weight is 432 g/mol. The van der Waals surface area contributed by atoms with Gasteiger partial charge in [-0.15, -0.1) is 0 Å². The van der Waals surface area contributed by atoms with Gasteiger partial charge in [-0.1, -0.05) is 18.2 Å². The molecule has 0 aromatic heterocycles. The molecule has 2 aliphatic rings. The number of carbonyl (C=O) groups excluding carboxylic acids is 1. The number of halogens is 1. The van der Waals surface area contributed by atoms with Crippen LogP contribution in [0.4, 0.5) is 10.1 Å². The Morgan fingerprint density at radius 2 is 1.97 bits per heavy atom. The van der Waals surface area contributed by atoms with Gasteiger partial charge in [0.15, 0.2) is 5.82 Å². The lowest BCUT2D eigenvalue weighted by Gasteiger charge is -2.36. The van der Waals surface area contributed by atoms with Crippen molar-refractivity contribution in [3.8, 4) is 0 Å². The Labute approximate surface area is 184 Å². The van der Waals surface area contributed by atoms with Crippen LogP contribution in [-0.2, 0) is 16.1 Å². The maximum absolute atomic E-state index is 14.5. The van der Waals surface area contributed by atoms with Crippen LogP contribution in [0.25, 0.3) is 0 Å². The van der Waals surface area contributed by atoms with Gasteiger partial charge in [0, 0.05) is 44.5 Å². The van der Waals surface area contributed by atoms with Crippen molar-refractivity contribution in [1.29, 1.82) is 0 Å². The second kappa shape index (κ2) is 11.9. The Hall–Kier alpha value is -2.38. The van der Waals surface area contributed by atoms with Crippen LogP contribution in [0, 0.1) is 11.7 Å². The summed E-state index contributed by atoms with van der Waals surface area (Å²) in [6.45, 7) is 5.87. The van der Waals surface area contributed by atoms with E-state index in [-0.39, 0.29) is 18.5 Å². The van der Waals surface area contributed by atoms with Gasteiger partial charge in [-0.05, 0) is 50.7 Å². The quantitative estimate of drug-likeness (QED) is 0.464. The van der Waals surface area contributed by atoms with Crippen LogP contribution in [0.2, 0.25) is 0 Å². The highest BCUT2D eigenvalue weighted by atomic mass is 19.1. The van der Waals surface area contributed by atoms with Gasteiger partial charge < -0.3 is 25.0 Å². The van der Waals surface area contributed by atoms with E-state index in [2.05, 4.69) is 15.1 Å². The van der Waals surface area contributed by atoms with Crippen molar-refractivity contribution in [2.75, 3.05) is 37.7 Å². The number of amides is 1. The number of hydrogen-bond donors (Lipinski definition) is 2. The minimum Gasteiger partial charge on any atom is -0.392 e. The van der Waals surface area contributed by atoms with Crippen molar-refractivity contribution >= 4 is 12.1 Å². The van der Waals surface area contributed by atoms with Crippen LogP contribution in [0.3, 0.4) is 0 Å². The molecule has 2 N–H and O–H groups in total. The highest BCUT2D eigenvalue weighted by Gasteiger charge is 2.25. The molecule has 170 valence electrons. The van der Waals surface area contributed by atoms with E-state index in [0.717, 1.165) is 64.2 Å². The first kappa shape index (κ1) is 23.3. The molecule has 3 rings (SSSR count). The number of likely N-dealkylation sites (tertiary alicyclic amines) is 1. The zero-order valence-electron chi connectivity index (χ0n) is 18.3. The molecule has 0 unspecified atom stereocenters. The highest BCUT2D eigenvalue weighted by Crippen LogP contribution is 2.27. The van der Waals surface area contributed by atoms with E-state index < -0.39 is 0 Å². The summed E-state index contributed by atoms with van der Waals surface area (Å²) in [6, 6.07) is 5.20. The van der Waals surface area contributed by atoms with Gasteiger partial charge in [-0.2, -0.15) is 0 Å². The molecule has 0 radical (unpaired) electrons. The van der Waals surface area contributed by atoms with Crippen molar-refractivity contribution in [2.45, 2.75) is 45.3 Å². The number of aliphatic hydroxyl groups excluding tert-OH is 1. The number of rotatable bonds is 9. The largest absolute Gasteiger partial charge is 0.392 e. The monoisotopic (exact) mass is 431 g/mol. The van der Waals surface area contributed by atoms with E-state index in [4.69, 9.17) is 4.74 Å². The molecule has 2 aliphatic heterocycles. The zero-order chi connectivity index (χ0) is 22.1. The second-order valence-corrected chi connectivity index (χ2v) is 8.21. The fraction of sp³-hybridized carbons (Fsp3) is 0.542. The predicted octanol–water partition coefficient (Wildman–Crippen LogP) is 3.18. The zero-order valence-corrected chi connectivity index (χ0v) is 18.3. The molecule has 2 saturated heterocycles. The molecule has 0 atom stereocenters. The Bertz CT molecular complexity index is 767. The Morgan fingerprint density at radius 1 is 1.23 bits per heavy atom. The van der Waals surface area contributed by atoms with E-state index in [1.54, 1.807) is 24.4 Å². The number of benzene rings is 1. The van der Waals surface area contributed by atoms with Crippen molar-refractivity contribution in [3.05, 3.63) is 53.6 Å². The summed E-state index contributed by atoms with van der Waals surface area (Å²) in [5.74, 6) is 0.227. The summed E-state index contributed by atoms with van der Waals surface area (Å²) in [7, 11) is 0. The summed E-state index contributed by atoms with van der Waals surface area (Å²) in [6.07, 6.45) is 10.5. The molecule has 0 saturated carbocycles. The summed E-state index contributed by atoms with van der Waals surface area (Å²) >= 11 is 0. The molecule has 1 aromatic carbocycles. The van der Waals surface area contributed by atoms with Crippen molar-refractivity contribution in [1.82, 2.24) is 10.2 Å². The number of carbonyl (C=O) groups is 1. The summed E-state index contributed by atoms with van der Waals surface area (Å²) in [4.78, 5) is 14.9. The minimum atomic E-state index is -0.314. The Morgan fingerprint density at radius 3 is 2.61 bits per heavy atom. The van der Waals surface area contributed by atoms with Crippen molar-refractivity contribution in [2.24, 2.45) is 5.92 Å². The molecule has 2 heterocycles. The first-order chi connectivity index (χ1) is 15.2. The SMILES string of the molecule is C/C=C\C(=C/NC=O)N1CCC(COC2CCN(c3cccc(CO)c3F)CC2)CC1. The number of anilines is 1. The van der Waals surface area contributed by atoms with Gasteiger partial charge in [-0.25, -0.2) is 4.39 Å². The minimum absolute atomic E-state index is 0.216. The molecular weight excluding hydrogens is 397 g/mol. The summed E-state index contributed by atoms with van der Waals surface area (Å²) < 4.78 is 20.7. The second-order valence-electron chi connectivity index (χ2n) is 8.21. The predicted molar refractivity (Wildman–Crippen MR) is 120 cm³/mol. The number of nitrogens with zero attached hydrogens (tertiary/aromatic N) is 2. The van der Waals surface area contributed by atoms with Crippen LogP contribution in [0.15, 0.2) is 42.2 Å². The lowest BCUT2D eigenvalue weighted by Crippen LogP contribution is -2.39. The summed E-state index contributed by atoms with van der Waals surface area (Å²) in [5, 5.41) is 11.9. The van der Waals surface area contributed by atoms with Crippen molar-refractivity contribution in [3.63, 3.8) is 0 Å². The van der Waals surface area contributed by atoms with E-state index in [1.165, 1.54) is 0 Å². The maximum Gasteiger partial charge on any atom is 0.211 e. The molecule has 0 aliphatic carbocycles. The molecule has 0 spiro atoms. The van der Waals surface area contributed by atoms with Crippen LogP contribution in [0.5, 0.6) is 0 Å². The lowest BCUT2D eigenvalue weighted by atomic mass is 9.97. The standard InChI is InChI=1S/C24H34FN3O3/c1-2-4-21(15-26-18-30)27-11-7-19(8-12-27)17-31-22-9-13-28(14-10-22)23-6-3-5-20(16-29)24(23)25/h2-6,15,18-19,22,29H,7-14,16-17H2,1H3,(H,26,30)/b4-2-,21-15+. The molecule has 6 nitrogen and oxygen atoms in total. The van der Waals surface area contributed by atoms with E-state index in [0.29, 0.717) is 23.6 Å². The first-order valence-corrected chi connectivity index (χ1v) is 11.2. The van der Waals surface area contributed by atoms with Crippen LogP contribution in [0.1, 0.15) is 38.2 Å². The third kappa shape index (κ3) is 6.31. The third-order valence-electron chi connectivity index (χ3n) is 6.20. The number of allylic oxidation sites excluding steroid dienone is 2. The lowest BCUT2D eigenvalue weighted by molar-refractivity contribution is -0.108. The molecule has 2 fully saturated rings. The van der Waals surface area contributed by atoms with Gasteiger partial charge in [0.1, 0.15) is 0 Å². The van der Waals surface area contributed by atoms with Crippen molar-refractivity contribution < 1.29 is 19.0 Å². The van der Waals surface area contributed by atoms with Gasteiger partial charge in [-0.3, -0.25) is 4.79 Å². The van der Waals surface area contributed by atoms with Gasteiger partial charge >= 0.3 is 0 Å². The number of nitrogens with one attached hydrogen (secondary N) is 1. The number of hydrogen-bond acceptors (Lipinski definition) is 5. The van der Waals surface area contributed by atoms with Gasteiger partial charge in [0.05, 0.1) is 24.1 Å². The molecular formula is C24H34FN3O3. The normalized spacial score (nSPS) is 19.3. The molecule has 0 bridgehead atoms. The smallest absolute Gasteiger partial charge is 0.211 e. The number of ether oxygens (including phenoxy) is 1. The van der Waals surface area contributed by atoms with Gasteiger partial charge in [0.2, 0.25) is 6.41 Å². The molecule has 7 heteroatoms.